The van der Waals surface area contributed by atoms with Crippen molar-refractivity contribution in [3.8, 4) is 5.75 Å². The van der Waals surface area contributed by atoms with E-state index >= 15 is 0 Å². The van der Waals surface area contributed by atoms with Gasteiger partial charge >= 0.3 is 6.18 Å². The predicted octanol–water partition coefficient (Wildman–Crippen LogP) is 3.12. The lowest BCUT2D eigenvalue weighted by Gasteiger charge is -2.25. The lowest BCUT2D eigenvalue weighted by atomic mass is 10.0. The van der Waals surface area contributed by atoms with E-state index in [0.717, 1.165) is 0 Å². The number of halogens is 3. The van der Waals surface area contributed by atoms with E-state index in [2.05, 4.69) is 0 Å². The number of alkyl halides is 3. The molecule has 5 nitrogen and oxygen atoms in total. The summed E-state index contributed by atoms with van der Waals surface area (Å²) in [6.45, 7) is 0.481. The molecule has 3 rings (SSSR count). The number of ether oxygens (including phenoxy) is 1. The summed E-state index contributed by atoms with van der Waals surface area (Å²) in [5.74, 6) is -1.99. The van der Waals surface area contributed by atoms with Crippen molar-refractivity contribution in [1.29, 1.82) is 0 Å². The first-order valence-electron chi connectivity index (χ1n) is 7.10. The smallest absolute Gasteiger partial charge is 0.426 e. The van der Waals surface area contributed by atoms with Gasteiger partial charge in [0.05, 0.1) is 16.1 Å². The minimum Gasteiger partial charge on any atom is -0.488 e. The Labute approximate surface area is 144 Å². The molecule has 2 heterocycles. The number of carbonyl (C=O) groups is 2. The van der Waals surface area contributed by atoms with E-state index in [4.69, 9.17) is 4.74 Å². The number of amides is 1. The third kappa shape index (κ3) is 2.89. The Bertz CT molecular complexity index is 857. The number of anilines is 1. The molecular formula is C16H12F3NO4S. The van der Waals surface area contributed by atoms with Gasteiger partial charge in [0.2, 0.25) is 11.4 Å². The van der Waals surface area contributed by atoms with Gasteiger partial charge in [0, 0.05) is 5.56 Å². The van der Waals surface area contributed by atoms with E-state index < -0.39 is 23.5 Å². The molecule has 1 aromatic heterocycles. The SMILES string of the molecule is C[C@](O)(C(=O)Nc1cccc2c1C(=O)c1sccc1CO2)C(F)(F)F. The summed E-state index contributed by atoms with van der Waals surface area (Å²) < 4.78 is 44.0. The molecule has 0 radical (unpaired) electrons. The normalized spacial score (nSPS) is 16.1. The summed E-state index contributed by atoms with van der Waals surface area (Å²) in [5.41, 5.74) is -3.14. The molecule has 1 atom stereocenters. The summed E-state index contributed by atoms with van der Waals surface area (Å²) in [6.07, 6.45) is -5.16. The van der Waals surface area contributed by atoms with Crippen LogP contribution in [0.25, 0.3) is 0 Å². The highest BCUT2D eigenvalue weighted by atomic mass is 32.1. The lowest BCUT2D eigenvalue weighted by Crippen LogP contribution is -2.52. The second kappa shape index (κ2) is 5.85. The fourth-order valence-corrected chi connectivity index (χ4v) is 3.14. The van der Waals surface area contributed by atoms with Gasteiger partial charge in [-0.3, -0.25) is 9.59 Å². The Hall–Kier alpha value is -2.39. The third-order valence-corrected chi connectivity index (χ3v) is 4.79. The van der Waals surface area contributed by atoms with E-state index in [1.807, 2.05) is 5.32 Å². The number of hydrogen-bond donors (Lipinski definition) is 2. The molecular weight excluding hydrogens is 359 g/mol. The second-order valence-electron chi connectivity index (χ2n) is 5.60. The number of fused-ring (bicyclic) bond motifs is 2. The van der Waals surface area contributed by atoms with Crippen molar-refractivity contribution >= 4 is 28.7 Å². The molecule has 0 bridgehead atoms. The van der Waals surface area contributed by atoms with Crippen LogP contribution in [0.3, 0.4) is 0 Å². The average Bonchev–Trinajstić information content (AvgIpc) is 2.95. The maximum atomic E-state index is 12.8. The fraction of sp³-hybridized carbons (Fsp3) is 0.250. The Morgan fingerprint density at radius 2 is 2.04 bits per heavy atom. The van der Waals surface area contributed by atoms with Crippen molar-refractivity contribution in [1.82, 2.24) is 0 Å². The number of hydrogen-bond acceptors (Lipinski definition) is 5. The summed E-state index contributed by atoms with van der Waals surface area (Å²) in [7, 11) is 0. The Balaban J connectivity index is 2.01. The van der Waals surface area contributed by atoms with Crippen LogP contribution in [0.2, 0.25) is 0 Å². The maximum Gasteiger partial charge on any atom is 0.426 e. The molecule has 0 fully saturated rings. The standard InChI is InChI=1S/C16H12F3NO4S/c1-15(23,16(17,18)19)14(22)20-9-3-2-4-10-11(9)12(21)13-8(7-24-10)5-6-25-13/h2-6,23H,7H2,1H3,(H,20,22)/t15-/m0/s1. The highest BCUT2D eigenvalue weighted by molar-refractivity contribution is 7.12. The molecule has 0 unspecified atom stereocenters. The number of thiophene rings is 1. The van der Waals surface area contributed by atoms with Gasteiger partial charge < -0.3 is 15.2 Å². The van der Waals surface area contributed by atoms with Crippen LogP contribution < -0.4 is 10.1 Å². The van der Waals surface area contributed by atoms with Crippen LogP contribution in [0.5, 0.6) is 5.75 Å². The molecule has 0 saturated carbocycles. The van der Waals surface area contributed by atoms with Gasteiger partial charge in [-0.2, -0.15) is 13.2 Å². The maximum absolute atomic E-state index is 12.8. The largest absolute Gasteiger partial charge is 0.488 e. The van der Waals surface area contributed by atoms with Gasteiger partial charge in [0.15, 0.2) is 0 Å². The molecule has 1 aliphatic rings. The van der Waals surface area contributed by atoms with Crippen LogP contribution in [0.1, 0.15) is 27.7 Å². The lowest BCUT2D eigenvalue weighted by molar-refractivity contribution is -0.242. The molecule has 25 heavy (non-hydrogen) atoms. The fourth-order valence-electron chi connectivity index (χ4n) is 2.28. The second-order valence-corrected chi connectivity index (χ2v) is 6.51. The average molecular weight is 371 g/mol. The Morgan fingerprint density at radius 1 is 1.32 bits per heavy atom. The Morgan fingerprint density at radius 3 is 2.72 bits per heavy atom. The predicted molar refractivity (Wildman–Crippen MR) is 83.8 cm³/mol. The van der Waals surface area contributed by atoms with Crippen LogP contribution in [-0.2, 0) is 11.4 Å². The molecule has 0 saturated heterocycles. The molecule has 1 amide bonds. The molecule has 2 N–H and O–H groups in total. The highest BCUT2D eigenvalue weighted by Crippen LogP contribution is 2.37. The molecule has 1 aromatic carbocycles. The number of ketones is 1. The number of rotatable bonds is 2. The molecule has 0 aliphatic carbocycles. The Kier molecular flexibility index (Phi) is 4.08. The van der Waals surface area contributed by atoms with Crippen LogP contribution in [0, 0.1) is 0 Å². The van der Waals surface area contributed by atoms with E-state index in [-0.39, 0.29) is 23.6 Å². The first-order valence-corrected chi connectivity index (χ1v) is 7.98. The van der Waals surface area contributed by atoms with Crippen molar-refractivity contribution in [3.63, 3.8) is 0 Å². The van der Waals surface area contributed by atoms with Gasteiger partial charge in [-0.25, -0.2) is 0 Å². The van der Waals surface area contributed by atoms with Gasteiger partial charge in [-0.15, -0.1) is 11.3 Å². The van der Waals surface area contributed by atoms with Crippen molar-refractivity contribution in [3.05, 3.63) is 45.6 Å². The molecule has 2 aromatic rings. The van der Waals surface area contributed by atoms with E-state index in [1.165, 1.54) is 29.5 Å². The third-order valence-electron chi connectivity index (χ3n) is 3.83. The van der Waals surface area contributed by atoms with E-state index in [0.29, 0.717) is 17.4 Å². The summed E-state index contributed by atoms with van der Waals surface area (Å²) in [4.78, 5) is 25.0. The van der Waals surface area contributed by atoms with Gasteiger partial charge in [0.1, 0.15) is 12.4 Å². The van der Waals surface area contributed by atoms with Crippen molar-refractivity contribution in [2.45, 2.75) is 25.3 Å². The van der Waals surface area contributed by atoms with Crippen molar-refractivity contribution in [2.24, 2.45) is 0 Å². The highest BCUT2D eigenvalue weighted by Gasteiger charge is 2.56. The van der Waals surface area contributed by atoms with Crippen LogP contribution >= 0.6 is 11.3 Å². The zero-order valence-corrected chi connectivity index (χ0v) is 13.6. The van der Waals surface area contributed by atoms with Gasteiger partial charge in [-0.1, -0.05) is 6.07 Å². The van der Waals surface area contributed by atoms with Crippen LogP contribution in [0.15, 0.2) is 29.6 Å². The minimum absolute atomic E-state index is 0.0463. The van der Waals surface area contributed by atoms with Crippen molar-refractivity contribution < 1.29 is 32.6 Å². The number of nitrogens with one attached hydrogen (secondary N) is 1. The molecule has 9 heteroatoms. The molecule has 0 spiro atoms. The van der Waals surface area contributed by atoms with Crippen LogP contribution in [0.4, 0.5) is 18.9 Å². The topological polar surface area (TPSA) is 75.6 Å². The first-order chi connectivity index (χ1) is 11.6. The van der Waals surface area contributed by atoms with Crippen molar-refractivity contribution in [2.75, 3.05) is 5.32 Å². The van der Waals surface area contributed by atoms with E-state index in [1.54, 1.807) is 11.4 Å². The first kappa shape index (κ1) is 17.4. The minimum atomic E-state index is -5.16. The zero-order chi connectivity index (χ0) is 18.4. The molecule has 1 aliphatic heterocycles. The van der Waals surface area contributed by atoms with Gasteiger partial charge in [0.25, 0.3) is 5.91 Å². The van der Waals surface area contributed by atoms with E-state index in [9.17, 15) is 27.9 Å². The van der Waals surface area contributed by atoms with Gasteiger partial charge in [-0.05, 0) is 30.5 Å². The monoisotopic (exact) mass is 371 g/mol. The zero-order valence-electron chi connectivity index (χ0n) is 12.8. The van der Waals surface area contributed by atoms with Crippen LogP contribution in [-0.4, -0.2) is 28.6 Å². The summed E-state index contributed by atoms with van der Waals surface area (Å²) in [5, 5.41) is 13.2. The number of carbonyl (C=O) groups excluding carboxylic acids is 2. The molecule has 132 valence electrons. The summed E-state index contributed by atoms with van der Waals surface area (Å²) in [6, 6.07) is 5.92. The quantitative estimate of drug-likeness (QED) is 0.851. The number of benzene rings is 1. The summed E-state index contributed by atoms with van der Waals surface area (Å²) >= 11 is 1.18. The number of aliphatic hydroxyl groups is 1.